The lowest BCUT2D eigenvalue weighted by atomic mass is 9.61. The third-order valence-corrected chi connectivity index (χ3v) is 4.75. The Labute approximate surface area is 98.7 Å². The number of rotatable bonds is 1. The molecule has 0 saturated heterocycles. The van der Waals surface area contributed by atoms with E-state index in [-0.39, 0.29) is 10.8 Å². The Hall–Kier alpha value is -0.340. The molecule has 16 heavy (non-hydrogen) atoms. The summed E-state index contributed by atoms with van der Waals surface area (Å²) in [5, 5.41) is 11.0. The van der Waals surface area contributed by atoms with Crippen LogP contribution < -0.4 is 0 Å². The number of ether oxygens (including phenoxy) is 1. The van der Waals surface area contributed by atoms with Gasteiger partial charge in [-0.15, -0.1) is 0 Å². The van der Waals surface area contributed by atoms with Crippen LogP contribution >= 0.6 is 0 Å². The second kappa shape index (κ2) is 3.11. The predicted octanol–water partition coefficient (Wildman–Crippen LogP) is 2.91. The van der Waals surface area contributed by atoms with E-state index < -0.39 is 11.2 Å². The maximum atomic E-state index is 11.0. The van der Waals surface area contributed by atoms with Crippen LogP contribution in [0.5, 0.6) is 0 Å². The number of methoxy groups -OCH3 is 1. The monoisotopic (exact) mass is 224 g/mol. The lowest BCUT2D eigenvalue weighted by molar-refractivity contribution is -0.192. The molecule has 1 saturated carbocycles. The molecule has 0 aliphatic heterocycles. The molecule has 2 heteroatoms. The SMILES string of the molecule is CO[C@]12CC[C@](C)(C=C[C@@]1(O)C(C)(C)C)C2. The van der Waals surface area contributed by atoms with Crippen LogP contribution in [-0.4, -0.2) is 23.4 Å². The maximum Gasteiger partial charge on any atom is 0.116 e. The Morgan fingerprint density at radius 3 is 2.31 bits per heavy atom. The fourth-order valence-electron chi connectivity index (χ4n) is 3.52. The smallest absolute Gasteiger partial charge is 0.116 e. The molecule has 92 valence electrons. The van der Waals surface area contributed by atoms with Crippen LogP contribution in [0.2, 0.25) is 0 Å². The quantitative estimate of drug-likeness (QED) is 0.694. The highest BCUT2D eigenvalue weighted by molar-refractivity contribution is 5.29. The molecular formula is C14H24O2. The van der Waals surface area contributed by atoms with Crippen LogP contribution in [0.1, 0.15) is 47.0 Å². The fraction of sp³-hybridized carbons (Fsp3) is 0.857. The molecule has 3 atom stereocenters. The van der Waals surface area contributed by atoms with Gasteiger partial charge in [0.25, 0.3) is 0 Å². The highest BCUT2D eigenvalue weighted by atomic mass is 16.5. The van der Waals surface area contributed by atoms with E-state index in [4.69, 9.17) is 4.74 Å². The molecule has 0 spiro atoms. The Kier molecular flexibility index (Phi) is 2.36. The van der Waals surface area contributed by atoms with Gasteiger partial charge in [-0.2, -0.15) is 0 Å². The summed E-state index contributed by atoms with van der Waals surface area (Å²) >= 11 is 0. The number of allylic oxidation sites excluding steroid dienone is 1. The highest BCUT2D eigenvalue weighted by Crippen LogP contribution is 2.59. The molecule has 0 aromatic heterocycles. The lowest BCUT2D eigenvalue weighted by Crippen LogP contribution is -2.61. The second-order valence-corrected chi connectivity index (χ2v) is 6.88. The standard InChI is InChI=1S/C14H24O2/c1-11(2,3)14(15)9-7-12(4)6-8-13(14,10-12)16-5/h7,9,15H,6,8,10H2,1-5H3/t12-,13+,14-/m1/s1. The first-order valence-corrected chi connectivity index (χ1v) is 6.16. The summed E-state index contributed by atoms with van der Waals surface area (Å²) in [6.45, 7) is 8.50. The van der Waals surface area contributed by atoms with Crippen molar-refractivity contribution in [3.8, 4) is 0 Å². The maximum absolute atomic E-state index is 11.0. The summed E-state index contributed by atoms with van der Waals surface area (Å²) in [5.41, 5.74) is -1.24. The van der Waals surface area contributed by atoms with Crippen molar-refractivity contribution in [2.24, 2.45) is 10.8 Å². The summed E-state index contributed by atoms with van der Waals surface area (Å²) < 4.78 is 5.78. The van der Waals surface area contributed by atoms with Crippen LogP contribution in [-0.2, 0) is 4.74 Å². The Morgan fingerprint density at radius 2 is 1.81 bits per heavy atom. The molecule has 1 N–H and O–H groups in total. The Morgan fingerprint density at radius 1 is 1.19 bits per heavy atom. The van der Waals surface area contributed by atoms with Gasteiger partial charge in [0, 0.05) is 7.11 Å². The van der Waals surface area contributed by atoms with Crippen LogP contribution in [0.15, 0.2) is 12.2 Å². The minimum Gasteiger partial charge on any atom is -0.382 e. The first-order valence-electron chi connectivity index (χ1n) is 6.16. The van der Waals surface area contributed by atoms with Gasteiger partial charge in [-0.3, -0.25) is 0 Å². The van der Waals surface area contributed by atoms with Crippen molar-refractivity contribution < 1.29 is 9.84 Å². The number of hydrogen-bond acceptors (Lipinski definition) is 2. The molecule has 2 nitrogen and oxygen atoms in total. The molecular weight excluding hydrogens is 200 g/mol. The average Bonchev–Trinajstić information content (AvgIpc) is 2.48. The van der Waals surface area contributed by atoms with E-state index in [1.165, 1.54) is 0 Å². The van der Waals surface area contributed by atoms with Gasteiger partial charge in [0.05, 0.1) is 0 Å². The summed E-state index contributed by atoms with van der Waals surface area (Å²) in [6.07, 6.45) is 7.17. The summed E-state index contributed by atoms with van der Waals surface area (Å²) in [4.78, 5) is 0. The summed E-state index contributed by atoms with van der Waals surface area (Å²) in [7, 11) is 1.74. The molecule has 0 aromatic carbocycles. The van der Waals surface area contributed by atoms with E-state index in [9.17, 15) is 5.11 Å². The summed E-state index contributed by atoms with van der Waals surface area (Å²) in [6, 6.07) is 0. The van der Waals surface area contributed by atoms with Crippen molar-refractivity contribution in [3.63, 3.8) is 0 Å². The molecule has 2 aliphatic carbocycles. The van der Waals surface area contributed by atoms with E-state index in [1.807, 2.05) is 6.08 Å². The lowest BCUT2D eigenvalue weighted by Gasteiger charge is -2.52. The van der Waals surface area contributed by atoms with Crippen molar-refractivity contribution >= 4 is 0 Å². The molecule has 2 bridgehead atoms. The third kappa shape index (κ3) is 1.32. The number of aliphatic hydroxyl groups is 1. The largest absolute Gasteiger partial charge is 0.382 e. The van der Waals surface area contributed by atoms with Crippen molar-refractivity contribution in [2.45, 2.75) is 58.2 Å². The molecule has 0 aromatic rings. The Balaban J connectivity index is 2.52. The zero-order chi connectivity index (χ0) is 12.2. The van der Waals surface area contributed by atoms with E-state index >= 15 is 0 Å². The number of hydrogen-bond donors (Lipinski definition) is 1. The molecule has 2 rings (SSSR count). The van der Waals surface area contributed by atoms with Crippen LogP contribution in [0.25, 0.3) is 0 Å². The molecule has 0 radical (unpaired) electrons. The molecule has 1 fully saturated rings. The molecule has 0 heterocycles. The predicted molar refractivity (Wildman–Crippen MR) is 65.2 cm³/mol. The van der Waals surface area contributed by atoms with Crippen molar-refractivity contribution in [1.29, 1.82) is 0 Å². The van der Waals surface area contributed by atoms with Gasteiger partial charge >= 0.3 is 0 Å². The van der Waals surface area contributed by atoms with E-state index in [1.54, 1.807) is 7.11 Å². The third-order valence-electron chi connectivity index (χ3n) is 4.75. The van der Waals surface area contributed by atoms with Crippen molar-refractivity contribution in [1.82, 2.24) is 0 Å². The normalized spacial score (nSPS) is 47.4. The van der Waals surface area contributed by atoms with Gasteiger partial charge < -0.3 is 9.84 Å². The van der Waals surface area contributed by atoms with E-state index in [0.29, 0.717) is 0 Å². The average molecular weight is 224 g/mol. The first kappa shape index (κ1) is 12.1. The van der Waals surface area contributed by atoms with E-state index in [0.717, 1.165) is 19.3 Å². The summed E-state index contributed by atoms with van der Waals surface area (Å²) in [5.74, 6) is 0. The molecule has 2 aliphatic rings. The fourth-order valence-corrected chi connectivity index (χ4v) is 3.52. The van der Waals surface area contributed by atoms with Gasteiger partial charge in [0.15, 0.2) is 0 Å². The first-order chi connectivity index (χ1) is 7.18. The highest BCUT2D eigenvalue weighted by Gasteiger charge is 2.63. The second-order valence-electron chi connectivity index (χ2n) is 6.88. The van der Waals surface area contributed by atoms with Gasteiger partial charge in [0.2, 0.25) is 0 Å². The zero-order valence-corrected chi connectivity index (χ0v) is 11.1. The van der Waals surface area contributed by atoms with Crippen LogP contribution in [0, 0.1) is 10.8 Å². The van der Waals surface area contributed by atoms with Gasteiger partial charge in [0.1, 0.15) is 11.2 Å². The van der Waals surface area contributed by atoms with Gasteiger partial charge in [-0.05, 0) is 30.1 Å². The zero-order valence-electron chi connectivity index (χ0n) is 11.1. The van der Waals surface area contributed by atoms with E-state index in [2.05, 4.69) is 33.8 Å². The molecule has 0 amide bonds. The molecule has 0 unspecified atom stereocenters. The Bertz CT molecular complexity index is 328. The van der Waals surface area contributed by atoms with Gasteiger partial charge in [-0.1, -0.05) is 39.8 Å². The topological polar surface area (TPSA) is 29.5 Å². The van der Waals surface area contributed by atoms with Crippen LogP contribution in [0.3, 0.4) is 0 Å². The van der Waals surface area contributed by atoms with Crippen molar-refractivity contribution in [3.05, 3.63) is 12.2 Å². The number of fused-ring (bicyclic) bond motifs is 2. The van der Waals surface area contributed by atoms with Crippen molar-refractivity contribution in [2.75, 3.05) is 7.11 Å². The van der Waals surface area contributed by atoms with Crippen LogP contribution in [0.4, 0.5) is 0 Å². The minimum atomic E-state index is -0.856. The van der Waals surface area contributed by atoms with Gasteiger partial charge in [-0.25, -0.2) is 0 Å². The minimum absolute atomic E-state index is 0.203.